The Morgan fingerprint density at radius 2 is 2.14 bits per heavy atom. The van der Waals surface area contributed by atoms with Crippen molar-refractivity contribution in [1.82, 2.24) is 4.90 Å². The second-order valence-electron chi connectivity index (χ2n) is 5.75. The van der Waals surface area contributed by atoms with Crippen molar-refractivity contribution in [2.75, 3.05) is 13.7 Å². The lowest BCUT2D eigenvalue weighted by atomic mass is 10.0. The minimum absolute atomic E-state index is 0.00674. The van der Waals surface area contributed by atoms with Crippen molar-refractivity contribution in [3.63, 3.8) is 0 Å². The van der Waals surface area contributed by atoms with Gasteiger partial charge in [0, 0.05) is 6.54 Å². The number of amides is 1. The van der Waals surface area contributed by atoms with Gasteiger partial charge in [-0.15, -0.1) is 0 Å². The highest BCUT2D eigenvalue weighted by atomic mass is 16.5. The van der Waals surface area contributed by atoms with Crippen LogP contribution in [0.3, 0.4) is 0 Å². The molecule has 5 nitrogen and oxygen atoms in total. The van der Waals surface area contributed by atoms with Crippen LogP contribution in [0.5, 0.6) is 5.75 Å². The van der Waals surface area contributed by atoms with E-state index in [9.17, 15) is 9.59 Å². The highest BCUT2D eigenvalue weighted by molar-refractivity contribution is 5.89. The molecule has 1 aliphatic carbocycles. The molecule has 0 spiro atoms. The van der Waals surface area contributed by atoms with Crippen molar-refractivity contribution in [3.05, 3.63) is 29.8 Å². The number of carboxylic acids is 1. The Labute approximate surface area is 123 Å². The minimum atomic E-state index is -0.856. The standard InChI is InChI=1S/C16H19NO4/c1-21-11-5-2-4-10(8-11)14-6-3-7-17(14)15(18)12-9-13(12)16(19)20/h2,4-5,8,12-14H,3,6-7,9H2,1H3,(H,19,20)/t12-,13-,14-/m0/s1. The maximum atomic E-state index is 12.5. The number of benzene rings is 1. The van der Waals surface area contributed by atoms with E-state index in [1.807, 2.05) is 29.2 Å². The lowest BCUT2D eigenvalue weighted by Gasteiger charge is -2.25. The molecule has 0 radical (unpaired) electrons. The van der Waals surface area contributed by atoms with Gasteiger partial charge in [-0.25, -0.2) is 0 Å². The van der Waals surface area contributed by atoms with E-state index in [4.69, 9.17) is 9.84 Å². The molecule has 1 saturated carbocycles. The lowest BCUT2D eigenvalue weighted by Crippen LogP contribution is -2.32. The Morgan fingerprint density at radius 1 is 1.33 bits per heavy atom. The molecule has 2 aliphatic rings. The van der Waals surface area contributed by atoms with E-state index in [2.05, 4.69) is 0 Å². The van der Waals surface area contributed by atoms with Crippen LogP contribution in [0, 0.1) is 11.8 Å². The monoisotopic (exact) mass is 289 g/mol. The molecule has 3 atom stereocenters. The van der Waals surface area contributed by atoms with E-state index in [0.717, 1.165) is 24.2 Å². The molecule has 0 unspecified atom stereocenters. The van der Waals surface area contributed by atoms with Crippen LogP contribution in [0.1, 0.15) is 30.9 Å². The summed E-state index contributed by atoms with van der Waals surface area (Å²) in [6.45, 7) is 0.712. The van der Waals surface area contributed by atoms with Gasteiger partial charge < -0.3 is 14.7 Å². The molecule has 3 rings (SSSR count). The average Bonchev–Trinajstić information content (AvgIpc) is 3.16. The third-order valence-corrected chi connectivity index (χ3v) is 4.44. The van der Waals surface area contributed by atoms with Crippen LogP contribution in [-0.2, 0) is 9.59 Å². The third kappa shape index (κ3) is 2.60. The van der Waals surface area contributed by atoms with Gasteiger partial charge >= 0.3 is 5.97 Å². The van der Waals surface area contributed by atoms with Crippen LogP contribution in [0.15, 0.2) is 24.3 Å². The largest absolute Gasteiger partial charge is 0.497 e. The zero-order valence-electron chi connectivity index (χ0n) is 12.0. The molecular formula is C16H19NO4. The first-order valence-corrected chi connectivity index (χ1v) is 7.29. The predicted molar refractivity (Wildman–Crippen MR) is 75.9 cm³/mol. The van der Waals surface area contributed by atoms with Crippen molar-refractivity contribution in [3.8, 4) is 5.75 Å². The summed E-state index contributed by atoms with van der Waals surface area (Å²) in [7, 11) is 1.62. The summed E-state index contributed by atoms with van der Waals surface area (Å²) >= 11 is 0. The van der Waals surface area contributed by atoms with Gasteiger partial charge in [0.1, 0.15) is 5.75 Å². The summed E-state index contributed by atoms with van der Waals surface area (Å²) in [6, 6.07) is 7.80. The summed E-state index contributed by atoms with van der Waals surface area (Å²) in [5.74, 6) is -0.891. The number of nitrogens with zero attached hydrogens (tertiary/aromatic N) is 1. The topological polar surface area (TPSA) is 66.8 Å². The highest BCUT2D eigenvalue weighted by Crippen LogP contribution is 2.43. The number of likely N-dealkylation sites (tertiary alicyclic amines) is 1. The maximum absolute atomic E-state index is 12.5. The van der Waals surface area contributed by atoms with Crippen molar-refractivity contribution >= 4 is 11.9 Å². The van der Waals surface area contributed by atoms with Gasteiger partial charge in [-0.05, 0) is 37.0 Å². The number of carbonyl (C=O) groups is 2. The predicted octanol–water partition coefficient (Wildman–Crippen LogP) is 2.08. The van der Waals surface area contributed by atoms with Gasteiger partial charge in [-0.3, -0.25) is 9.59 Å². The second kappa shape index (κ2) is 5.39. The van der Waals surface area contributed by atoms with Crippen LogP contribution in [0.2, 0.25) is 0 Å². The fourth-order valence-corrected chi connectivity index (χ4v) is 3.18. The Morgan fingerprint density at radius 3 is 2.81 bits per heavy atom. The molecule has 0 bridgehead atoms. The molecule has 5 heteroatoms. The van der Waals surface area contributed by atoms with E-state index in [1.165, 1.54) is 0 Å². The van der Waals surface area contributed by atoms with E-state index in [-0.39, 0.29) is 17.9 Å². The minimum Gasteiger partial charge on any atom is -0.497 e. The Balaban J connectivity index is 1.76. The number of methoxy groups -OCH3 is 1. The van der Waals surface area contributed by atoms with E-state index < -0.39 is 11.9 Å². The Kier molecular flexibility index (Phi) is 3.57. The number of aliphatic carboxylic acids is 1. The molecular weight excluding hydrogens is 270 g/mol. The molecule has 112 valence electrons. The summed E-state index contributed by atoms with van der Waals surface area (Å²) in [5, 5.41) is 8.98. The summed E-state index contributed by atoms with van der Waals surface area (Å²) < 4.78 is 5.24. The average molecular weight is 289 g/mol. The molecule has 1 saturated heterocycles. The van der Waals surface area contributed by atoms with E-state index in [1.54, 1.807) is 7.11 Å². The van der Waals surface area contributed by atoms with E-state index in [0.29, 0.717) is 13.0 Å². The van der Waals surface area contributed by atoms with Gasteiger partial charge in [0.05, 0.1) is 25.0 Å². The first-order chi connectivity index (χ1) is 10.1. The Hall–Kier alpha value is -2.04. The van der Waals surface area contributed by atoms with Crippen LogP contribution >= 0.6 is 0 Å². The van der Waals surface area contributed by atoms with Gasteiger partial charge in [-0.1, -0.05) is 12.1 Å². The number of carboxylic acid groups (broad SMARTS) is 1. The van der Waals surface area contributed by atoms with Crippen molar-refractivity contribution < 1.29 is 19.4 Å². The number of hydrogen-bond acceptors (Lipinski definition) is 3. The van der Waals surface area contributed by atoms with Crippen molar-refractivity contribution in [2.24, 2.45) is 11.8 Å². The normalized spacial score (nSPS) is 27.5. The zero-order valence-corrected chi connectivity index (χ0v) is 12.0. The fraction of sp³-hybridized carbons (Fsp3) is 0.500. The molecule has 1 aliphatic heterocycles. The summed E-state index contributed by atoms with van der Waals surface area (Å²) in [6.07, 6.45) is 2.36. The van der Waals surface area contributed by atoms with Crippen LogP contribution < -0.4 is 4.74 Å². The lowest BCUT2D eigenvalue weighted by molar-refractivity contribution is -0.142. The molecule has 2 fully saturated rings. The van der Waals surface area contributed by atoms with Crippen LogP contribution in [0.4, 0.5) is 0 Å². The molecule has 1 amide bonds. The summed E-state index contributed by atoms with van der Waals surface area (Å²) in [5.41, 5.74) is 1.06. The quantitative estimate of drug-likeness (QED) is 0.921. The molecule has 1 aromatic rings. The van der Waals surface area contributed by atoms with E-state index >= 15 is 0 Å². The van der Waals surface area contributed by atoms with Crippen LogP contribution in [-0.4, -0.2) is 35.5 Å². The van der Waals surface area contributed by atoms with Gasteiger partial charge in [0.2, 0.25) is 5.91 Å². The molecule has 0 aromatic heterocycles. The first-order valence-electron chi connectivity index (χ1n) is 7.29. The number of rotatable bonds is 4. The SMILES string of the molecule is COc1cccc([C@@H]2CCCN2C(=O)[C@H]2C[C@@H]2C(=O)O)c1. The molecule has 1 heterocycles. The smallest absolute Gasteiger partial charge is 0.307 e. The zero-order chi connectivity index (χ0) is 15.0. The van der Waals surface area contributed by atoms with Gasteiger partial charge in [-0.2, -0.15) is 0 Å². The van der Waals surface area contributed by atoms with Crippen molar-refractivity contribution in [2.45, 2.75) is 25.3 Å². The highest BCUT2D eigenvalue weighted by Gasteiger charge is 2.51. The number of hydrogen-bond donors (Lipinski definition) is 1. The molecule has 1 aromatic carbocycles. The van der Waals surface area contributed by atoms with Gasteiger partial charge in [0.25, 0.3) is 0 Å². The van der Waals surface area contributed by atoms with Gasteiger partial charge in [0.15, 0.2) is 0 Å². The fourth-order valence-electron chi connectivity index (χ4n) is 3.18. The van der Waals surface area contributed by atoms with Crippen molar-refractivity contribution in [1.29, 1.82) is 0 Å². The maximum Gasteiger partial charge on any atom is 0.307 e. The molecule has 1 N–H and O–H groups in total. The summed E-state index contributed by atoms with van der Waals surface area (Å²) in [4.78, 5) is 25.3. The second-order valence-corrected chi connectivity index (χ2v) is 5.75. The van der Waals surface area contributed by atoms with Crippen LogP contribution in [0.25, 0.3) is 0 Å². The number of carbonyl (C=O) groups excluding carboxylic acids is 1. The third-order valence-electron chi connectivity index (χ3n) is 4.44. The molecule has 21 heavy (non-hydrogen) atoms. The first kappa shape index (κ1) is 13.9. The Bertz CT molecular complexity index is 571. The number of ether oxygens (including phenoxy) is 1.